The number of hydrogen-bond acceptors (Lipinski definition) is 2. The minimum absolute atomic E-state index is 0.417. The molecule has 0 saturated heterocycles. The van der Waals surface area contributed by atoms with Gasteiger partial charge in [-0.3, -0.25) is 0 Å². The van der Waals surface area contributed by atoms with Gasteiger partial charge in [-0.25, -0.2) is 0 Å². The summed E-state index contributed by atoms with van der Waals surface area (Å²) in [6, 6.07) is 8.20. The molecule has 0 heterocycles. The Balaban J connectivity index is 1.94. The molecule has 0 radical (unpaired) electrons. The van der Waals surface area contributed by atoms with E-state index in [1.165, 1.54) is 44.1 Å². The van der Waals surface area contributed by atoms with Gasteiger partial charge in [0.05, 0.1) is 0 Å². The van der Waals surface area contributed by atoms with E-state index in [-0.39, 0.29) is 0 Å². The first-order chi connectivity index (χ1) is 9.63. The first kappa shape index (κ1) is 16.2. The van der Waals surface area contributed by atoms with Crippen molar-refractivity contribution in [2.75, 3.05) is 19.3 Å². The minimum atomic E-state index is 0.417. The second kappa shape index (κ2) is 7.72. The summed E-state index contributed by atoms with van der Waals surface area (Å²) in [5.74, 6) is 1.01. The maximum absolute atomic E-state index is 5.94. The molecule has 2 rings (SSSR count). The lowest BCUT2D eigenvalue weighted by molar-refractivity contribution is 0.170. The van der Waals surface area contributed by atoms with Crippen molar-refractivity contribution in [1.29, 1.82) is 0 Å². The smallest absolute Gasteiger partial charge is 0.0406 e. The lowest BCUT2D eigenvalue weighted by atomic mass is 9.81. The Kier molecular flexibility index (Phi) is 6.25. The van der Waals surface area contributed by atoms with Crippen LogP contribution in [0.3, 0.4) is 0 Å². The molecule has 1 fully saturated rings. The van der Waals surface area contributed by atoms with Crippen LogP contribution in [-0.4, -0.2) is 24.2 Å². The van der Waals surface area contributed by atoms with E-state index < -0.39 is 0 Å². The molecule has 3 heteroatoms. The second-order valence-electron chi connectivity index (χ2n) is 6.37. The number of rotatable bonds is 5. The second-order valence-corrected chi connectivity index (χ2v) is 7.12. The van der Waals surface area contributed by atoms with Gasteiger partial charge in [-0.1, -0.05) is 49.4 Å². The van der Waals surface area contributed by atoms with Gasteiger partial charge in [0, 0.05) is 18.1 Å². The fourth-order valence-corrected chi connectivity index (χ4v) is 3.92. The molecule has 0 unspecified atom stereocenters. The van der Waals surface area contributed by atoms with E-state index in [0.29, 0.717) is 5.41 Å². The normalized spacial score (nSPS) is 19.0. The van der Waals surface area contributed by atoms with Crippen LogP contribution in [0.15, 0.2) is 24.3 Å². The van der Waals surface area contributed by atoms with Crippen LogP contribution in [0.2, 0.25) is 5.02 Å². The summed E-state index contributed by atoms with van der Waals surface area (Å²) in [7, 11) is 2.23. The lowest BCUT2D eigenvalue weighted by Gasteiger charge is -2.35. The Bertz CT molecular complexity index is 396. The van der Waals surface area contributed by atoms with Crippen LogP contribution < -0.4 is 0 Å². The fourth-order valence-electron chi connectivity index (χ4n) is 3.37. The monoisotopic (exact) mass is 311 g/mol. The van der Waals surface area contributed by atoms with E-state index in [2.05, 4.69) is 36.7 Å². The highest BCUT2D eigenvalue weighted by atomic mass is 35.5. The van der Waals surface area contributed by atoms with Crippen molar-refractivity contribution >= 4 is 24.2 Å². The largest absolute Gasteiger partial charge is 0.302 e. The number of thiol groups is 1. The number of nitrogens with zero attached hydrogens (tertiary/aromatic N) is 1. The molecular formula is C17H26ClNS. The van der Waals surface area contributed by atoms with Crippen LogP contribution in [0.25, 0.3) is 0 Å². The molecule has 20 heavy (non-hydrogen) atoms. The molecule has 0 atom stereocenters. The number of benzene rings is 1. The zero-order valence-corrected chi connectivity index (χ0v) is 14.1. The van der Waals surface area contributed by atoms with Crippen LogP contribution >= 0.6 is 24.2 Å². The third-order valence-corrected chi connectivity index (χ3v) is 5.39. The summed E-state index contributed by atoms with van der Waals surface area (Å²) in [5.41, 5.74) is 1.75. The summed E-state index contributed by atoms with van der Waals surface area (Å²) in [6.07, 6.45) is 8.21. The third-order valence-electron chi connectivity index (χ3n) is 4.47. The van der Waals surface area contributed by atoms with Gasteiger partial charge in [0.25, 0.3) is 0 Å². The van der Waals surface area contributed by atoms with Gasteiger partial charge in [0.1, 0.15) is 0 Å². The van der Waals surface area contributed by atoms with Crippen molar-refractivity contribution in [3.05, 3.63) is 34.9 Å². The van der Waals surface area contributed by atoms with Crippen LogP contribution in [0, 0.1) is 5.41 Å². The zero-order valence-electron chi connectivity index (χ0n) is 12.4. The highest BCUT2D eigenvalue weighted by Gasteiger charge is 2.30. The molecule has 1 saturated carbocycles. The van der Waals surface area contributed by atoms with Crippen LogP contribution in [0.1, 0.15) is 44.1 Å². The van der Waals surface area contributed by atoms with E-state index in [4.69, 9.17) is 11.6 Å². The molecule has 1 aliphatic carbocycles. The Labute approximate surface area is 134 Å². The maximum atomic E-state index is 5.94. The van der Waals surface area contributed by atoms with Crippen molar-refractivity contribution in [1.82, 2.24) is 4.90 Å². The molecule has 0 bridgehead atoms. The Morgan fingerprint density at radius 2 is 1.70 bits per heavy atom. The highest BCUT2D eigenvalue weighted by Crippen LogP contribution is 2.36. The average Bonchev–Trinajstić information content (AvgIpc) is 2.67. The van der Waals surface area contributed by atoms with Gasteiger partial charge >= 0.3 is 0 Å². The topological polar surface area (TPSA) is 3.24 Å². The standard InChI is InChI=1S/C17H26ClNS/c1-19(12-15-6-8-16(18)9-7-15)13-17(14-20)10-4-2-3-5-11-17/h6-9,20H,2-5,10-14H2,1H3. The molecule has 1 aromatic rings. The van der Waals surface area contributed by atoms with Crippen LogP contribution in [-0.2, 0) is 6.54 Å². The van der Waals surface area contributed by atoms with E-state index >= 15 is 0 Å². The Morgan fingerprint density at radius 3 is 2.25 bits per heavy atom. The van der Waals surface area contributed by atoms with Gasteiger partial charge in [-0.15, -0.1) is 0 Å². The highest BCUT2D eigenvalue weighted by molar-refractivity contribution is 7.80. The predicted molar refractivity (Wildman–Crippen MR) is 91.8 cm³/mol. The molecule has 0 spiro atoms. The zero-order chi connectivity index (χ0) is 14.4. The van der Waals surface area contributed by atoms with Crippen molar-refractivity contribution in [3.8, 4) is 0 Å². The van der Waals surface area contributed by atoms with Crippen molar-refractivity contribution < 1.29 is 0 Å². The third kappa shape index (κ3) is 4.68. The van der Waals surface area contributed by atoms with Crippen molar-refractivity contribution in [2.45, 2.75) is 45.1 Å². The first-order valence-corrected chi connectivity index (χ1v) is 8.68. The van der Waals surface area contributed by atoms with Gasteiger partial charge in [0.2, 0.25) is 0 Å². The predicted octanol–water partition coefficient (Wildman–Crippen LogP) is 5.04. The molecule has 0 amide bonds. The van der Waals surface area contributed by atoms with Crippen LogP contribution in [0.4, 0.5) is 0 Å². The SMILES string of the molecule is CN(Cc1ccc(Cl)cc1)CC1(CS)CCCCCC1. The molecule has 1 aromatic carbocycles. The van der Waals surface area contributed by atoms with Gasteiger partial charge in [-0.05, 0) is 48.8 Å². The minimum Gasteiger partial charge on any atom is -0.302 e. The van der Waals surface area contributed by atoms with Crippen molar-refractivity contribution in [2.24, 2.45) is 5.41 Å². The molecule has 112 valence electrons. The first-order valence-electron chi connectivity index (χ1n) is 7.67. The fraction of sp³-hybridized carbons (Fsp3) is 0.647. The average molecular weight is 312 g/mol. The summed E-state index contributed by atoms with van der Waals surface area (Å²) in [4.78, 5) is 2.45. The molecule has 1 aliphatic rings. The Morgan fingerprint density at radius 1 is 1.10 bits per heavy atom. The molecule has 0 N–H and O–H groups in total. The molecule has 1 nitrogen and oxygen atoms in total. The maximum Gasteiger partial charge on any atom is 0.0406 e. The van der Waals surface area contributed by atoms with Gasteiger partial charge in [0.15, 0.2) is 0 Å². The molecule has 0 aliphatic heterocycles. The summed E-state index contributed by atoms with van der Waals surface area (Å²) < 4.78 is 0. The van der Waals surface area contributed by atoms with Gasteiger partial charge in [-0.2, -0.15) is 12.6 Å². The Hall–Kier alpha value is -0.180. The number of halogens is 1. The van der Waals surface area contributed by atoms with E-state index in [1.54, 1.807) is 0 Å². The quantitative estimate of drug-likeness (QED) is 0.589. The number of hydrogen-bond donors (Lipinski definition) is 1. The summed E-state index contributed by atoms with van der Waals surface area (Å²) in [6.45, 7) is 2.14. The summed E-state index contributed by atoms with van der Waals surface area (Å²) >= 11 is 10.6. The van der Waals surface area contributed by atoms with E-state index in [0.717, 1.165) is 23.9 Å². The molecular weight excluding hydrogens is 286 g/mol. The van der Waals surface area contributed by atoms with E-state index in [1.807, 2.05) is 12.1 Å². The van der Waals surface area contributed by atoms with Crippen LogP contribution in [0.5, 0.6) is 0 Å². The summed E-state index contributed by atoms with van der Waals surface area (Å²) in [5, 5.41) is 0.812. The van der Waals surface area contributed by atoms with Crippen molar-refractivity contribution in [3.63, 3.8) is 0 Å². The van der Waals surface area contributed by atoms with E-state index in [9.17, 15) is 0 Å². The molecule has 0 aromatic heterocycles. The lowest BCUT2D eigenvalue weighted by Crippen LogP contribution is -2.36. The van der Waals surface area contributed by atoms with Gasteiger partial charge < -0.3 is 4.90 Å².